The number of carbonyl (C=O) groups excluding carboxylic acids is 3. The lowest BCUT2D eigenvalue weighted by molar-refractivity contribution is -0.130. The Morgan fingerprint density at radius 2 is 1.72 bits per heavy atom. The molecule has 2 rings (SSSR count). The Hall–Kier alpha value is -2.57. The molecule has 1 aromatic carbocycles. The number of primary amides is 1. The lowest BCUT2D eigenvalue weighted by atomic mass is 9.81. The second kappa shape index (κ2) is 10.3. The van der Waals surface area contributed by atoms with Gasteiger partial charge in [-0.3, -0.25) is 9.59 Å². The topological polar surface area (TPSA) is 111 Å². The Bertz CT molecular complexity index is 692. The molecule has 1 atom stereocenters. The summed E-state index contributed by atoms with van der Waals surface area (Å²) in [5, 5.41) is 5.63. The van der Waals surface area contributed by atoms with E-state index in [1.807, 2.05) is 51.1 Å². The number of benzene rings is 1. The van der Waals surface area contributed by atoms with Crippen LogP contribution in [0.15, 0.2) is 30.3 Å². The zero-order valence-corrected chi connectivity index (χ0v) is 17.6. The fraction of sp³-hybridized carbons (Fsp3) is 0.591. The highest BCUT2D eigenvalue weighted by Crippen LogP contribution is 2.28. The molecule has 0 aromatic heterocycles. The number of nitrogens with two attached hydrogens (primary N) is 1. The maximum absolute atomic E-state index is 12.6. The van der Waals surface area contributed by atoms with E-state index in [1.165, 1.54) is 0 Å². The second-order valence-corrected chi connectivity index (χ2v) is 8.75. The lowest BCUT2D eigenvalue weighted by Gasteiger charge is -2.29. The summed E-state index contributed by atoms with van der Waals surface area (Å²) in [5.74, 6) is -0.464. The second-order valence-electron chi connectivity index (χ2n) is 8.75. The summed E-state index contributed by atoms with van der Waals surface area (Å²) >= 11 is 0. The first kappa shape index (κ1) is 22.7. The molecule has 7 nitrogen and oxygen atoms in total. The van der Waals surface area contributed by atoms with E-state index in [0.29, 0.717) is 18.9 Å². The number of hydrogen-bond donors (Lipinski definition) is 3. The molecule has 7 heteroatoms. The van der Waals surface area contributed by atoms with Crippen molar-refractivity contribution in [1.82, 2.24) is 10.6 Å². The van der Waals surface area contributed by atoms with Crippen molar-refractivity contribution in [2.24, 2.45) is 17.6 Å². The molecule has 0 spiro atoms. The minimum atomic E-state index is -0.712. The quantitative estimate of drug-likeness (QED) is 0.650. The van der Waals surface area contributed by atoms with Crippen LogP contribution in [0.4, 0.5) is 4.79 Å². The highest BCUT2D eigenvalue weighted by molar-refractivity contribution is 5.87. The largest absolute Gasteiger partial charge is 0.444 e. The molecule has 1 aliphatic carbocycles. The highest BCUT2D eigenvalue weighted by Gasteiger charge is 2.29. The Morgan fingerprint density at radius 3 is 2.28 bits per heavy atom. The Morgan fingerprint density at radius 1 is 1.10 bits per heavy atom. The van der Waals surface area contributed by atoms with Crippen LogP contribution in [0, 0.1) is 11.8 Å². The van der Waals surface area contributed by atoms with Gasteiger partial charge in [0.2, 0.25) is 11.8 Å². The van der Waals surface area contributed by atoms with Gasteiger partial charge >= 0.3 is 6.09 Å². The summed E-state index contributed by atoms with van der Waals surface area (Å²) in [6.45, 7) is 6.02. The maximum atomic E-state index is 12.6. The summed E-state index contributed by atoms with van der Waals surface area (Å²) in [5.41, 5.74) is 5.93. The molecular weight excluding hydrogens is 370 g/mol. The standard InChI is InChI=1S/C22H33N3O4/c1-22(2,3)29-21(28)24-14-16-9-11-17(12-10-16)20(27)25-18(19(23)26)13-15-7-5-4-6-8-15/h4-8,16-18H,9-14H2,1-3H3,(H2,23,26)(H,24,28)(H,25,27)/t16?,17?,18-/m0/s1. The van der Waals surface area contributed by atoms with Gasteiger partial charge in [0, 0.05) is 18.9 Å². The van der Waals surface area contributed by atoms with Gasteiger partial charge in [-0.25, -0.2) is 4.79 Å². The van der Waals surface area contributed by atoms with Gasteiger partial charge in [-0.1, -0.05) is 30.3 Å². The SMILES string of the molecule is CC(C)(C)OC(=O)NCC1CCC(C(=O)N[C@@H](Cc2ccccc2)C(N)=O)CC1. The third-order valence-electron chi connectivity index (χ3n) is 5.09. The Kier molecular flexibility index (Phi) is 8.05. The van der Waals surface area contributed by atoms with Gasteiger partial charge in [0.25, 0.3) is 0 Å². The van der Waals surface area contributed by atoms with Gasteiger partial charge in [-0.05, 0) is 57.9 Å². The van der Waals surface area contributed by atoms with Crippen molar-refractivity contribution < 1.29 is 19.1 Å². The monoisotopic (exact) mass is 403 g/mol. The zero-order chi connectivity index (χ0) is 21.4. The number of ether oxygens (including phenoxy) is 1. The van der Waals surface area contributed by atoms with E-state index in [-0.39, 0.29) is 11.8 Å². The van der Waals surface area contributed by atoms with Crippen molar-refractivity contribution in [3.8, 4) is 0 Å². The summed E-state index contributed by atoms with van der Waals surface area (Å²) < 4.78 is 5.25. The summed E-state index contributed by atoms with van der Waals surface area (Å²) in [4.78, 5) is 36.2. The fourth-order valence-corrected chi connectivity index (χ4v) is 3.53. The van der Waals surface area contributed by atoms with E-state index in [1.54, 1.807) is 0 Å². The smallest absolute Gasteiger partial charge is 0.407 e. The molecule has 0 radical (unpaired) electrons. The first-order valence-electron chi connectivity index (χ1n) is 10.2. The summed E-state index contributed by atoms with van der Waals surface area (Å²) in [7, 11) is 0. The van der Waals surface area contributed by atoms with Gasteiger partial charge < -0.3 is 21.1 Å². The van der Waals surface area contributed by atoms with Crippen LogP contribution in [-0.2, 0) is 20.7 Å². The molecular formula is C22H33N3O4. The van der Waals surface area contributed by atoms with Crippen LogP contribution in [0.2, 0.25) is 0 Å². The number of alkyl carbamates (subject to hydrolysis) is 1. The van der Waals surface area contributed by atoms with Crippen LogP contribution in [0.25, 0.3) is 0 Å². The van der Waals surface area contributed by atoms with Gasteiger partial charge in [-0.15, -0.1) is 0 Å². The van der Waals surface area contributed by atoms with Crippen LogP contribution in [0.3, 0.4) is 0 Å². The molecule has 0 unspecified atom stereocenters. The molecule has 0 saturated heterocycles. The van der Waals surface area contributed by atoms with Crippen LogP contribution in [0.1, 0.15) is 52.0 Å². The van der Waals surface area contributed by atoms with Crippen LogP contribution in [-0.4, -0.2) is 36.1 Å². The molecule has 29 heavy (non-hydrogen) atoms. The number of hydrogen-bond acceptors (Lipinski definition) is 4. The molecule has 1 aliphatic rings. The first-order valence-corrected chi connectivity index (χ1v) is 10.2. The molecule has 1 aromatic rings. The van der Waals surface area contributed by atoms with Crippen LogP contribution >= 0.6 is 0 Å². The van der Waals surface area contributed by atoms with Crippen molar-refractivity contribution in [1.29, 1.82) is 0 Å². The molecule has 1 saturated carbocycles. The van der Waals surface area contributed by atoms with Crippen molar-refractivity contribution in [2.75, 3.05) is 6.54 Å². The van der Waals surface area contributed by atoms with Gasteiger partial charge in [0.1, 0.15) is 11.6 Å². The number of nitrogens with one attached hydrogen (secondary N) is 2. The molecule has 0 aliphatic heterocycles. The van der Waals surface area contributed by atoms with Crippen molar-refractivity contribution >= 4 is 17.9 Å². The average molecular weight is 404 g/mol. The predicted octanol–water partition coefficient (Wildman–Crippen LogP) is 2.53. The highest BCUT2D eigenvalue weighted by atomic mass is 16.6. The van der Waals surface area contributed by atoms with E-state index >= 15 is 0 Å². The molecule has 1 fully saturated rings. The fourth-order valence-electron chi connectivity index (χ4n) is 3.53. The Balaban J connectivity index is 1.77. The minimum absolute atomic E-state index is 0.122. The van der Waals surface area contributed by atoms with Gasteiger partial charge in [0.15, 0.2) is 0 Å². The molecule has 4 N–H and O–H groups in total. The summed E-state index contributed by atoms with van der Waals surface area (Å²) in [6, 6.07) is 8.79. The van der Waals surface area contributed by atoms with Crippen LogP contribution < -0.4 is 16.4 Å². The van der Waals surface area contributed by atoms with Gasteiger partial charge in [-0.2, -0.15) is 0 Å². The van der Waals surface area contributed by atoms with Crippen molar-refractivity contribution in [2.45, 2.75) is 64.5 Å². The van der Waals surface area contributed by atoms with E-state index in [0.717, 1.165) is 31.2 Å². The maximum Gasteiger partial charge on any atom is 0.407 e. The van der Waals surface area contributed by atoms with E-state index < -0.39 is 23.6 Å². The van der Waals surface area contributed by atoms with E-state index in [2.05, 4.69) is 10.6 Å². The molecule has 0 heterocycles. The lowest BCUT2D eigenvalue weighted by Crippen LogP contribution is -2.48. The molecule has 3 amide bonds. The molecule has 0 bridgehead atoms. The Labute approximate surface area is 172 Å². The van der Waals surface area contributed by atoms with Crippen LogP contribution in [0.5, 0.6) is 0 Å². The number of rotatable bonds is 7. The van der Waals surface area contributed by atoms with Gasteiger partial charge in [0.05, 0.1) is 0 Å². The third kappa shape index (κ3) is 8.13. The third-order valence-corrected chi connectivity index (χ3v) is 5.09. The van der Waals surface area contributed by atoms with E-state index in [9.17, 15) is 14.4 Å². The first-order chi connectivity index (χ1) is 13.6. The van der Waals surface area contributed by atoms with Crippen molar-refractivity contribution in [3.05, 3.63) is 35.9 Å². The minimum Gasteiger partial charge on any atom is -0.444 e. The normalized spacial score (nSPS) is 20.4. The summed E-state index contributed by atoms with van der Waals surface area (Å²) in [6.07, 6.45) is 3.10. The number of amides is 3. The van der Waals surface area contributed by atoms with Crippen molar-refractivity contribution in [3.63, 3.8) is 0 Å². The zero-order valence-electron chi connectivity index (χ0n) is 17.6. The molecule has 160 valence electrons. The van der Waals surface area contributed by atoms with E-state index in [4.69, 9.17) is 10.5 Å². The number of carbonyl (C=O) groups is 3. The average Bonchev–Trinajstić information content (AvgIpc) is 2.65. The predicted molar refractivity (Wildman–Crippen MR) is 111 cm³/mol.